The molecule has 1 aromatic carbocycles. The molecule has 0 saturated heterocycles. The molecule has 3 aromatic heterocycles. The molecule has 0 aliphatic heterocycles. The summed E-state index contributed by atoms with van der Waals surface area (Å²) in [6, 6.07) is 7.89. The lowest BCUT2D eigenvalue weighted by Crippen LogP contribution is -2.13. The highest BCUT2D eigenvalue weighted by molar-refractivity contribution is 6.13. The molecule has 0 atom stereocenters. The molecule has 0 spiro atoms. The highest BCUT2D eigenvalue weighted by atomic mass is 16.3. The van der Waals surface area contributed by atoms with Crippen molar-refractivity contribution in [3.8, 4) is 0 Å². The second-order valence-corrected chi connectivity index (χ2v) is 5.25. The molecular weight excluding hydrogens is 238 g/mol. The molecule has 3 nitrogen and oxygen atoms in total. The van der Waals surface area contributed by atoms with Gasteiger partial charge in [-0.25, -0.2) is 0 Å². The molecule has 0 N–H and O–H groups in total. The van der Waals surface area contributed by atoms with Gasteiger partial charge >= 0.3 is 0 Å². The van der Waals surface area contributed by atoms with Crippen molar-refractivity contribution in [2.24, 2.45) is 0 Å². The van der Waals surface area contributed by atoms with E-state index in [1.807, 2.05) is 32.9 Å². The minimum atomic E-state index is 0.0279. The van der Waals surface area contributed by atoms with Crippen LogP contribution in [0.25, 0.3) is 27.3 Å². The van der Waals surface area contributed by atoms with Crippen molar-refractivity contribution in [1.29, 1.82) is 0 Å². The van der Waals surface area contributed by atoms with Crippen molar-refractivity contribution in [1.82, 2.24) is 4.40 Å². The Labute approximate surface area is 109 Å². The average Bonchev–Trinajstić information content (AvgIpc) is 2.85. The minimum Gasteiger partial charge on any atom is -0.461 e. The van der Waals surface area contributed by atoms with E-state index in [0.29, 0.717) is 0 Å². The summed E-state index contributed by atoms with van der Waals surface area (Å²) in [4.78, 5) is 12.2. The maximum Gasteiger partial charge on any atom is 0.255 e. The Balaban J connectivity index is 2.47. The van der Waals surface area contributed by atoms with Crippen molar-refractivity contribution in [3.63, 3.8) is 0 Å². The first kappa shape index (κ1) is 10.6. The Bertz CT molecular complexity index is 1000. The van der Waals surface area contributed by atoms with E-state index < -0.39 is 0 Å². The summed E-state index contributed by atoms with van der Waals surface area (Å²) in [5, 5.41) is 3.24. The average molecular weight is 251 g/mol. The number of aromatic nitrogens is 1. The smallest absolute Gasteiger partial charge is 0.255 e. The topological polar surface area (TPSA) is 34.6 Å². The van der Waals surface area contributed by atoms with Crippen LogP contribution in [0.2, 0.25) is 0 Å². The van der Waals surface area contributed by atoms with Gasteiger partial charge in [0.15, 0.2) is 0 Å². The molecular formula is C16H13NO2. The van der Waals surface area contributed by atoms with Gasteiger partial charge in [-0.15, -0.1) is 0 Å². The van der Waals surface area contributed by atoms with Gasteiger partial charge in [-0.3, -0.25) is 9.20 Å². The highest BCUT2D eigenvalue weighted by Gasteiger charge is 2.16. The first-order chi connectivity index (χ1) is 9.06. The number of rotatable bonds is 0. The van der Waals surface area contributed by atoms with E-state index >= 15 is 0 Å². The molecule has 4 aromatic rings. The summed E-state index contributed by atoms with van der Waals surface area (Å²) in [6.45, 7) is 5.89. The van der Waals surface area contributed by atoms with Crippen LogP contribution in [-0.4, -0.2) is 4.40 Å². The Morgan fingerprint density at radius 1 is 1.00 bits per heavy atom. The molecule has 0 amide bonds. The number of aryl methyl sites for hydroxylation is 3. The molecule has 0 aliphatic carbocycles. The van der Waals surface area contributed by atoms with Gasteiger partial charge in [0.25, 0.3) is 5.56 Å². The number of nitrogens with zero attached hydrogens (tertiary/aromatic N) is 1. The molecule has 0 saturated carbocycles. The van der Waals surface area contributed by atoms with Gasteiger partial charge < -0.3 is 4.42 Å². The minimum absolute atomic E-state index is 0.0279. The summed E-state index contributed by atoms with van der Waals surface area (Å²) < 4.78 is 7.57. The number of fused-ring (bicyclic) bond motifs is 2. The van der Waals surface area contributed by atoms with Gasteiger partial charge in [-0.05, 0) is 44.5 Å². The fraction of sp³-hybridized carbons (Fsp3) is 0.188. The first-order valence-electron chi connectivity index (χ1n) is 6.34. The van der Waals surface area contributed by atoms with Crippen LogP contribution in [0.4, 0.5) is 0 Å². The molecule has 0 aliphatic rings. The maximum atomic E-state index is 12.2. The third-order valence-electron chi connectivity index (χ3n) is 3.85. The number of hydrogen-bond donors (Lipinski definition) is 0. The fourth-order valence-electron chi connectivity index (χ4n) is 3.06. The van der Waals surface area contributed by atoms with Crippen molar-refractivity contribution in [2.45, 2.75) is 20.8 Å². The van der Waals surface area contributed by atoms with Crippen LogP contribution in [-0.2, 0) is 0 Å². The standard InChI is InChI=1S/C16H13NO2/c1-8-4-14(18)17-9(2)5-13-15(17)12(8)7-11-6-10(3)19-16(11)13/h4-7H,1-3H3. The van der Waals surface area contributed by atoms with Crippen LogP contribution in [0.15, 0.2) is 33.5 Å². The molecule has 94 valence electrons. The molecule has 4 rings (SSSR count). The summed E-state index contributed by atoms with van der Waals surface area (Å²) in [5.74, 6) is 0.894. The van der Waals surface area contributed by atoms with E-state index in [-0.39, 0.29) is 5.56 Å². The number of pyridine rings is 1. The van der Waals surface area contributed by atoms with E-state index in [1.54, 1.807) is 10.5 Å². The third kappa shape index (κ3) is 1.19. The van der Waals surface area contributed by atoms with E-state index in [9.17, 15) is 4.79 Å². The van der Waals surface area contributed by atoms with Crippen LogP contribution in [0.3, 0.4) is 0 Å². The lowest BCUT2D eigenvalue weighted by atomic mass is 10.1. The van der Waals surface area contributed by atoms with Crippen LogP contribution in [0.1, 0.15) is 17.0 Å². The zero-order chi connectivity index (χ0) is 13.3. The van der Waals surface area contributed by atoms with E-state index in [2.05, 4.69) is 6.07 Å². The highest BCUT2D eigenvalue weighted by Crippen LogP contribution is 2.34. The van der Waals surface area contributed by atoms with Gasteiger partial charge in [0, 0.05) is 27.9 Å². The quantitative estimate of drug-likeness (QED) is 0.479. The van der Waals surface area contributed by atoms with Crippen LogP contribution >= 0.6 is 0 Å². The Morgan fingerprint density at radius 2 is 1.79 bits per heavy atom. The van der Waals surface area contributed by atoms with Crippen molar-refractivity contribution >= 4 is 27.3 Å². The second-order valence-electron chi connectivity index (χ2n) is 5.25. The lowest BCUT2D eigenvalue weighted by molar-refractivity contribution is 0.581. The largest absolute Gasteiger partial charge is 0.461 e. The van der Waals surface area contributed by atoms with Crippen LogP contribution in [0, 0.1) is 20.8 Å². The zero-order valence-electron chi connectivity index (χ0n) is 11.1. The van der Waals surface area contributed by atoms with Crippen LogP contribution in [0.5, 0.6) is 0 Å². The normalized spacial score (nSPS) is 12.2. The summed E-state index contributed by atoms with van der Waals surface area (Å²) in [6.07, 6.45) is 0. The van der Waals surface area contributed by atoms with Gasteiger partial charge in [-0.2, -0.15) is 0 Å². The van der Waals surface area contributed by atoms with E-state index in [4.69, 9.17) is 4.42 Å². The van der Waals surface area contributed by atoms with Gasteiger partial charge in [0.05, 0.1) is 5.52 Å². The third-order valence-corrected chi connectivity index (χ3v) is 3.85. The number of furan rings is 1. The molecule has 3 heterocycles. The Kier molecular flexibility index (Phi) is 1.78. The summed E-state index contributed by atoms with van der Waals surface area (Å²) in [5.41, 5.74) is 3.85. The van der Waals surface area contributed by atoms with Gasteiger partial charge in [-0.1, -0.05) is 0 Å². The fourth-order valence-corrected chi connectivity index (χ4v) is 3.06. The molecule has 3 heteroatoms. The summed E-state index contributed by atoms with van der Waals surface area (Å²) >= 11 is 0. The molecule has 19 heavy (non-hydrogen) atoms. The molecule has 0 bridgehead atoms. The lowest BCUT2D eigenvalue weighted by Gasteiger charge is -2.04. The van der Waals surface area contributed by atoms with Gasteiger partial charge in [0.2, 0.25) is 0 Å². The van der Waals surface area contributed by atoms with Crippen molar-refractivity contribution < 1.29 is 4.42 Å². The SMILES string of the molecule is Cc1cc2cc3c(C)cc(=O)n4c(C)cc(c2o1)c34. The Hall–Kier alpha value is -2.29. The summed E-state index contributed by atoms with van der Waals surface area (Å²) in [7, 11) is 0. The second kappa shape index (κ2) is 3.18. The van der Waals surface area contributed by atoms with Gasteiger partial charge in [0.1, 0.15) is 11.3 Å². The number of hydrogen-bond acceptors (Lipinski definition) is 2. The molecule has 0 unspecified atom stereocenters. The van der Waals surface area contributed by atoms with E-state index in [1.165, 1.54) is 0 Å². The predicted molar refractivity (Wildman–Crippen MR) is 76.3 cm³/mol. The van der Waals surface area contributed by atoms with E-state index in [0.717, 1.165) is 44.3 Å². The molecule has 0 radical (unpaired) electrons. The van der Waals surface area contributed by atoms with Crippen LogP contribution < -0.4 is 5.56 Å². The molecule has 0 fully saturated rings. The monoisotopic (exact) mass is 251 g/mol. The zero-order valence-corrected chi connectivity index (χ0v) is 11.1. The predicted octanol–water partition coefficient (Wildman–Crippen LogP) is 3.56. The van der Waals surface area contributed by atoms with Crippen molar-refractivity contribution in [2.75, 3.05) is 0 Å². The Morgan fingerprint density at radius 3 is 2.58 bits per heavy atom. The number of benzene rings is 1. The maximum absolute atomic E-state index is 12.2. The first-order valence-corrected chi connectivity index (χ1v) is 6.34. The van der Waals surface area contributed by atoms with Crippen molar-refractivity contribution in [3.05, 3.63) is 51.6 Å².